The molecule has 2 fully saturated rings. The molecular formula is C10H18O3. The van der Waals surface area contributed by atoms with Crippen LogP contribution in [0.3, 0.4) is 0 Å². The van der Waals surface area contributed by atoms with Crippen LogP contribution in [0, 0.1) is 5.92 Å². The predicted octanol–water partition coefficient (Wildman–Crippen LogP) is 0.687. The number of hydrogen-bond acceptors (Lipinski definition) is 3. The van der Waals surface area contributed by atoms with Gasteiger partial charge in [-0.25, -0.2) is 0 Å². The molecule has 2 bridgehead atoms. The van der Waals surface area contributed by atoms with Crippen LogP contribution in [0.25, 0.3) is 0 Å². The first kappa shape index (κ1) is 9.44. The molecule has 0 amide bonds. The molecule has 0 radical (unpaired) electrons. The fourth-order valence-corrected chi connectivity index (χ4v) is 2.57. The second-order valence-corrected chi connectivity index (χ2v) is 4.91. The maximum absolute atomic E-state index is 9.98. The summed E-state index contributed by atoms with van der Waals surface area (Å²) in [6.07, 6.45) is 2.56. The third-order valence-corrected chi connectivity index (χ3v) is 3.78. The Morgan fingerprint density at radius 3 is 2.69 bits per heavy atom. The van der Waals surface area contributed by atoms with Gasteiger partial charge in [0.1, 0.15) is 0 Å². The molecule has 0 aromatic heterocycles. The van der Waals surface area contributed by atoms with Crippen molar-refractivity contribution in [2.75, 3.05) is 6.61 Å². The van der Waals surface area contributed by atoms with Crippen molar-refractivity contribution in [3.8, 4) is 0 Å². The quantitative estimate of drug-likeness (QED) is 0.633. The maximum Gasteiger partial charge on any atom is 0.0918 e. The lowest BCUT2D eigenvalue weighted by atomic mass is 9.75. The van der Waals surface area contributed by atoms with Crippen LogP contribution < -0.4 is 0 Å². The molecule has 0 aromatic rings. The summed E-state index contributed by atoms with van der Waals surface area (Å²) in [5.74, 6) is 0.419. The summed E-state index contributed by atoms with van der Waals surface area (Å²) in [5.41, 5.74) is -1.10. The molecule has 2 aliphatic rings. The summed E-state index contributed by atoms with van der Waals surface area (Å²) in [5, 5.41) is 19.2. The smallest absolute Gasteiger partial charge is 0.0918 e. The van der Waals surface area contributed by atoms with E-state index < -0.39 is 11.2 Å². The van der Waals surface area contributed by atoms with Gasteiger partial charge in [0.05, 0.1) is 23.9 Å². The predicted molar refractivity (Wildman–Crippen MR) is 48.3 cm³/mol. The van der Waals surface area contributed by atoms with Crippen LogP contribution in [0.4, 0.5) is 0 Å². The monoisotopic (exact) mass is 186 g/mol. The van der Waals surface area contributed by atoms with E-state index in [0.29, 0.717) is 5.92 Å². The minimum Gasteiger partial charge on any atom is -0.393 e. The number of fused-ring (bicyclic) bond motifs is 2. The average molecular weight is 186 g/mol. The minimum atomic E-state index is -0.691. The van der Waals surface area contributed by atoms with Crippen molar-refractivity contribution in [1.29, 1.82) is 0 Å². The lowest BCUT2D eigenvalue weighted by Gasteiger charge is -2.32. The molecule has 0 unspecified atom stereocenters. The average Bonchev–Trinajstić information content (AvgIpc) is 2.37. The van der Waals surface area contributed by atoms with Gasteiger partial charge in [0, 0.05) is 0 Å². The fraction of sp³-hybridized carbons (Fsp3) is 1.00. The Morgan fingerprint density at radius 2 is 2.15 bits per heavy atom. The molecule has 4 atom stereocenters. The standard InChI is InChI=1S/C10H18O3/c1-9(12)4-3-7-5-8(9)13-10(7,2)6-11/h7-8,11-12H,3-6H2,1-2H3/t7-,8-,9+,10+/m0/s1. The molecule has 0 aromatic carbocycles. The van der Waals surface area contributed by atoms with Crippen LogP contribution >= 0.6 is 0 Å². The van der Waals surface area contributed by atoms with Gasteiger partial charge in [-0.3, -0.25) is 0 Å². The van der Waals surface area contributed by atoms with Crippen LogP contribution in [-0.4, -0.2) is 34.1 Å². The van der Waals surface area contributed by atoms with Crippen LogP contribution in [0.15, 0.2) is 0 Å². The van der Waals surface area contributed by atoms with Crippen molar-refractivity contribution in [3.05, 3.63) is 0 Å². The molecule has 1 aliphatic carbocycles. The highest BCUT2D eigenvalue weighted by atomic mass is 16.5. The molecule has 13 heavy (non-hydrogen) atoms. The summed E-state index contributed by atoms with van der Waals surface area (Å²) in [6.45, 7) is 3.83. The topological polar surface area (TPSA) is 49.7 Å². The lowest BCUT2D eigenvalue weighted by Crippen LogP contribution is -2.41. The van der Waals surface area contributed by atoms with Gasteiger partial charge in [-0.2, -0.15) is 0 Å². The molecule has 1 heterocycles. The van der Waals surface area contributed by atoms with Gasteiger partial charge in [0.15, 0.2) is 0 Å². The van der Waals surface area contributed by atoms with E-state index in [4.69, 9.17) is 4.74 Å². The van der Waals surface area contributed by atoms with E-state index in [1.807, 2.05) is 13.8 Å². The van der Waals surface area contributed by atoms with Crippen LogP contribution in [-0.2, 0) is 4.74 Å². The van der Waals surface area contributed by atoms with Crippen LogP contribution in [0.1, 0.15) is 33.1 Å². The first-order valence-corrected chi connectivity index (χ1v) is 4.99. The second-order valence-electron chi connectivity index (χ2n) is 4.91. The fourth-order valence-electron chi connectivity index (χ4n) is 2.57. The molecular weight excluding hydrogens is 168 g/mol. The second kappa shape index (κ2) is 2.69. The van der Waals surface area contributed by atoms with Crippen LogP contribution in [0.2, 0.25) is 0 Å². The van der Waals surface area contributed by atoms with Gasteiger partial charge in [-0.15, -0.1) is 0 Å². The Balaban J connectivity index is 2.20. The van der Waals surface area contributed by atoms with Gasteiger partial charge in [-0.1, -0.05) is 0 Å². The SMILES string of the molecule is C[C@]1(CO)O[C@H]2C[C@@H]1CC[C@@]2(C)O. The summed E-state index contributed by atoms with van der Waals surface area (Å²) >= 11 is 0. The normalized spacial score (nSPS) is 55.4. The highest BCUT2D eigenvalue weighted by molar-refractivity contribution is 5.03. The zero-order valence-electron chi connectivity index (χ0n) is 8.29. The number of rotatable bonds is 1. The molecule has 3 heteroatoms. The largest absolute Gasteiger partial charge is 0.393 e. The van der Waals surface area contributed by atoms with E-state index in [1.165, 1.54) is 0 Å². The van der Waals surface area contributed by atoms with E-state index in [1.54, 1.807) is 0 Å². The Kier molecular flexibility index (Phi) is 1.95. The first-order chi connectivity index (χ1) is 5.98. The molecule has 0 spiro atoms. The highest BCUT2D eigenvalue weighted by Gasteiger charge is 2.53. The van der Waals surface area contributed by atoms with Crippen molar-refractivity contribution in [3.63, 3.8) is 0 Å². The zero-order chi connectivity index (χ0) is 9.69. The van der Waals surface area contributed by atoms with Crippen LogP contribution in [0.5, 0.6) is 0 Å². The molecule has 3 nitrogen and oxygen atoms in total. The number of hydrogen-bond donors (Lipinski definition) is 2. The number of ether oxygens (including phenoxy) is 1. The Hall–Kier alpha value is -0.120. The van der Waals surface area contributed by atoms with Gasteiger partial charge < -0.3 is 14.9 Å². The number of aliphatic hydroxyl groups is 2. The maximum atomic E-state index is 9.98. The lowest BCUT2D eigenvalue weighted by molar-refractivity contribution is -0.130. The van der Waals surface area contributed by atoms with Crippen molar-refractivity contribution in [1.82, 2.24) is 0 Å². The highest BCUT2D eigenvalue weighted by Crippen LogP contribution is 2.48. The van der Waals surface area contributed by atoms with Crippen molar-refractivity contribution < 1.29 is 14.9 Å². The molecule has 1 aliphatic heterocycles. The third-order valence-electron chi connectivity index (χ3n) is 3.78. The summed E-state index contributed by atoms with van der Waals surface area (Å²) < 4.78 is 5.74. The number of aliphatic hydroxyl groups excluding tert-OH is 1. The van der Waals surface area contributed by atoms with Crippen molar-refractivity contribution in [2.24, 2.45) is 5.92 Å². The first-order valence-electron chi connectivity index (χ1n) is 4.99. The zero-order valence-corrected chi connectivity index (χ0v) is 8.29. The Morgan fingerprint density at radius 1 is 1.46 bits per heavy atom. The molecule has 1 saturated heterocycles. The van der Waals surface area contributed by atoms with Gasteiger partial charge in [0.25, 0.3) is 0 Å². The van der Waals surface area contributed by atoms with E-state index in [0.717, 1.165) is 19.3 Å². The van der Waals surface area contributed by atoms with E-state index >= 15 is 0 Å². The molecule has 2 N–H and O–H groups in total. The van der Waals surface area contributed by atoms with E-state index in [-0.39, 0.29) is 12.7 Å². The summed E-state index contributed by atoms with van der Waals surface area (Å²) in [6, 6.07) is 0. The Bertz CT molecular complexity index is 214. The summed E-state index contributed by atoms with van der Waals surface area (Å²) in [4.78, 5) is 0. The van der Waals surface area contributed by atoms with Crippen molar-refractivity contribution >= 4 is 0 Å². The molecule has 1 saturated carbocycles. The molecule has 2 rings (SSSR count). The van der Waals surface area contributed by atoms with Gasteiger partial charge in [-0.05, 0) is 39.0 Å². The van der Waals surface area contributed by atoms with Gasteiger partial charge in [0.2, 0.25) is 0 Å². The summed E-state index contributed by atoms with van der Waals surface area (Å²) in [7, 11) is 0. The Labute approximate surface area is 78.7 Å². The van der Waals surface area contributed by atoms with E-state index in [9.17, 15) is 10.2 Å². The van der Waals surface area contributed by atoms with Crippen molar-refractivity contribution in [2.45, 2.75) is 50.4 Å². The third kappa shape index (κ3) is 1.30. The minimum absolute atomic E-state index is 0.0598. The molecule has 76 valence electrons. The van der Waals surface area contributed by atoms with Gasteiger partial charge >= 0.3 is 0 Å². The van der Waals surface area contributed by atoms with E-state index in [2.05, 4.69) is 0 Å².